The molecule has 1 aliphatic carbocycles. The summed E-state index contributed by atoms with van der Waals surface area (Å²) in [6.07, 6.45) is 8.30. The molecule has 0 amide bonds. The number of carboxylic acids is 1. The minimum atomic E-state index is -0.923. The van der Waals surface area contributed by atoms with Gasteiger partial charge in [0.15, 0.2) is 0 Å². The molecule has 6 heteroatoms. The Morgan fingerprint density at radius 2 is 1.78 bits per heavy atom. The lowest BCUT2D eigenvalue weighted by molar-refractivity contribution is -0.137. The summed E-state index contributed by atoms with van der Waals surface area (Å²) in [7, 11) is 0. The van der Waals surface area contributed by atoms with Gasteiger partial charge in [0.1, 0.15) is 23.9 Å². The maximum atomic E-state index is 11.8. The van der Waals surface area contributed by atoms with E-state index in [0.29, 0.717) is 18.2 Å². The fourth-order valence-electron chi connectivity index (χ4n) is 4.11. The molecule has 6 nitrogen and oxygen atoms in total. The molecule has 0 saturated heterocycles. The number of carboxylic acid groups (broad SMARTS) is 1. The highest BCUT2D eigenvalue weighted by Gasteiger charge is 2.19. The summed E-state index contributed by atoms with van der Waals surface area (Å²) in [5, 5.41) is 12.7. The Morgan fingerprint density at radius 3 is 2.50 bits per heavy atom. The number of ether oxygens (including phenoxy) is 1. The molecule has 1 aromatic heterocycles. The van der Waals surface area contributed by atoms with Crippen molar-refractivity contribution >= 4 is 11.8 Å². The molecule has 1 aliphatic rings. The second kappa shape index (κ2) is 10.8. The second-order valence-corrected chi connectivity index (χ2v) is 8.35. The van der Waals surface area contributed by atoms with Gasteiger partial charge in [-0.15, -0.1) is 0 Å². The Balaban J connectivity index is 1.39. The lowest BCUT2D eigenvalue weighted by Gasteiger charge is -2.21. The van der Waals surface area contributed by atoms with Crippen molar-refractivity contribution < 1.29 is 14.6 Å². The van der Waals surface area contributed by atoms with Crippen LogP contribution in [0.15, 0.2) is 67.0 Å². The molecule has 166 valence electrons. The summed E-state index contributed by atoms with van der Waals surface area (Å²) in [6.45, 7) is 0.777. The van der Waals surface area contributed by atoms with E-state index < -0.39 is 12.0 Å². The lowest BCUT2D eigenvalue weighted by Crippen LogP contribution is -2.31. The van der Waals surface area contributed by atoms with Crippen LogP contribution in [0.25, 0.3) is 11.3 Å². The third-order valence-corrected chi connectivity index (χ3v) is 5.93. The summed E-state index contributed by atoms with van der Waals surface area (Å²) in [6, 6.07) is 18.4. The van der Waals surface area contributed by atoms with Crippen molar-refractivity contribution in [1.82, 2.24) is 9.97 Å². The van der Waals surface area contributed by atoms with Gasteiger partial charge in [0.2, 0.25) is 0 Å². The number of aromatic nitrogens is 2. The third kappa shape index (κ3) is 6.06. The molecule has 1 atom stereocenters. The van der Waals surface area contributed by atoms with E-state index in [9.17, 15) is 9.90 Å². The molecule has 1 heterocycles. The van der Waals surface area contributed by atoms with Crippen LogP contribution in [0.2, 0.25) is 0 Å². The van der Waals surface area contributed by atoms with Crippen LogP contribution in [-0.4, -0.2) is 33.7 Å². The highest BCUT2D eigenvalue weighted by molar-refractivity contribution is 5.77. The number of carbonyl (C=O) groups is 1. The van der Waals surface area contributed by atoms with E-state index >= 15 is 0 Å². The van der Waals surface area contributed by atoms with E-state index in [4.69, 9.17) is 4.74 Å². The van der Waals surface area contributed by atoms with Crippen LogP contribution >= 0.6 is 0 Å². The van der Waals surface area contributed by atoms with Crippen LogP contribution in [0.3, 0.4) is 0 Å². The molecule has 32 heavy (non-hydrogen) atoms. The molecule has 2 aromatic carbocycles. The van der Waals surface area contributed by atoms with Crippen LogP contribution in [0.1, 0.15) is 37.7 Å². The maximum Gasteiger partial charge on any atom is 0.326 e. The number of rotatable bonds is 9. The van der Waals surface area contributed by atoms with Crippen molar-refractivity contribution in [3.63, 3.8) is 0 Å². The van der Waals surface area contributed by atoms with Crippen molar-refractivity contribution in [2.75, 3.05) is 11.9 Å². The molecule has 1 saturated carbocycles. The number of nitrogens with zero attached hydrogens (tertiary/aromatic N) is 2. The Labute approximate surface area is 188 Å². The van der Waals surface area contributed by atoms with E-state index in [0.717, 1.165) is 29.2 Å². The van der Waals surface area contributed by atoms with E-state index in [-0.39, 0.29) is 0 Å². The summed E-state index contributed by atoms with van der Waals surface area (Å²) in [5.74, 6) is 1.09. The number of anilines is 1. The first-order valence-corrected chi connectivity index (χ1v) is 11.3. The number of hydrogen-bond donors (Lipinski definition) is 2. The van der Waals surface area contributed by atoms with Gasteiger partial charge in [-0.05, 0) is 48.6 Å². The first-order chi connectivity index (χ1) is 15.7. The summed E-state index contributed by atoms with van der Waals surface area (Å²) >= 11 is 0. The number of nitrogens with one attached hydrogen (secondary N) is 1. The van der Waals surface area contributed by atoms with E-state index in [2.05, 4.69) is 15.3 Å². The molecule has 0 bridgehead atoms. The molecular formula is C26H29N3O3. The SMILES string of the molecule is O=C(O)C(Cc1ccccc1)Nc1cc(-c2ccc(OCC3CCCCC3)cc2)ncn1. The topological polar surface area (TPSA) is 84.3 Å². The van der Waals surface area contributed by atoms with Crippen LogP contribution in [0, 0.1) is 5.92 Å². The zero-order valence-corrected chi connectivity index (χ0v) is 18.1. The van der Waals surface area contributed by atoms with Gasteiger partial charge in [-0.2, -0.15) is 0 Å². The molecule has 3 aromatic rings. The highest BCUT2D eigenvalue weighted by Crippen LogP contribution is 2.26. The largest absolute Gasteiger partial charge is 0.493 e. The zero-order chi connectivity index (χ0) is 22.2. The molecule has 4 rings (SSSR count). The molecular weight excluding hydrogens is 402 g/mol. The second-order valence-electron chi connectivity index (χ2n) is 8.35. The molecule has 1 fully saturated rings. The average Bonchev–Trinajstić information content (AvgIpc) is 2.84. The first-order valence-electron chi connectivity index (χ1n) is 11.3. The quantitative estimate of drug-likeness (QED) is 0.484. The Morgan fingerprint density at radius 1 is 1.03 bits per heavy atom. The van der Waals surface area contributed by atoms with E-state index in [1.54, 1.807) is 6.07 Å². The van der Waals surface area contributed by atoms with Gasteiger partial charge >= 0.3 is 5.97 Å². The molecule has 0 spiro atoms. The van der Waals surface area contributed by atoms with Crippen LogP contribution < -0.4 is 10.1 Å². The van der Waals surface area contributed by atoms with Crippen molar-refractivity contribution in [1.29, 1.82) is 0 Å². The van der Waals surface area contributed by atoms with Crippen molar-refractivity contribution in [2.24, 2.45) is 5.92 Å². The summed E-state index contributed by atoms with van der Waals surface area (Å²) in [4.78, 5) is 20.3. The average molecular weight is 432 g/mol. The Kier molecular flexibility index (Phi) is 7.33. The van der Waals surface area contributed by atoms with E-state index in [1.807, 2.05) is 54.6 Å². The smallest absolute Gasteiger partial charge is 0.326 e. The maximum absolute atomic E-state index is 11.8. The fourth-order valence-corrected chi connectivity index (χ4v) is 4.11. The molecule has 0 aliphatic heterocycles. The highest BCUT2D eigenvalue weighted by atomic mass is 16.5. The number of benzene rings is 2. The van der Waals surface area contributed by atoms with Gasteiger partial charge in [0.05, 0.1) is 12.3 Å². The van der Waals surface area contributed by atoms with Crippen LogP contribution in [0.4, 0.5) is 5.82 Å². The predicted octanol–water partition coefficient (Wildman–Crippen LogP) is 5.21. The van der Waals surface area contributed by atoms with Crippen molar-refractivity contribution in [3.05, 3.63) is 72.6 Å². The number of aliphatic carboxylic acids is 1. The Hall–Kier alpha value is -3.41. The number of hydrogen-bond acceptors (Lipinski definition) is 5. The predicted molar refractivity (Wildman–Crippen MR) is 125 cm³/mol. The minimum Gasteiger partial charge on any atom is -0.493 e. The normalized spacial score (nSPS) is 15.1. The lowest BCUT2D eigenvalue weighted by atomic mass is 9.90. The standard InChI is InChI=1S/C26H29N3O3/c30-26(31)24(15-19-7-3-1-4-8-19)29-25-16-23(27-18-28-25)21-11-13-22(14-12-21)32-17-20-9-5-2-6-10-20/h1,3-4,7-8,11-14,16,18,20,24H,2,5-6,9-10,15,17H2,(H,30,31)(H,27,28,29). The van der Waals surface area contributed by atoms with Crippen molar-refractivity contribution in [2.45, 2.75) is 44.6 Å². The van der Waals surface area contributed by atoms with Gasteiger partial charge in [-0.1, -0.05) is 49.6 Å². The molecule has 2 N–H and O–H groups in total. The van der Waals surface area contributed by atoms with Gasteiger partial charge in [-0.3, -0.25) is 0 Å². The zero-order valence-electron chi connectivity index (χ0n) is 18.1. The minimum absolute atomic E-state index is 0.364. The fraction of sp³-hybridized carbons (Fsp3) is 0.346. The summed E-state index contributed by atoms with van der Waals surface area (Å²) < 4.78 is 5.99. The van der Waals surface area contributed by atoms with Crippen molar-refractivity contribution in [3.8, 4) is 17.0 Å². The summed E-state index contributed by atoms with van der Waals surface area (Å²) in [5.41, 5.74) is 2.60. The van der Waals surface area contributed by atoms with Crippen LogP contribution in [-0.2, 0) is 11.2 Å². The monoisotopic (exact) mass is 431 g/mol. The molecule has 0 radical (unpaired) electrons. The van der Waals surface area contributed by atoms with Gasteiger partial charge in [0.25, 0.3) is 0 Å². The van der Waals surface area contributed by atoms with E-state index in [1.165, 1.54) is 38.4 Å². The van der Waals surface area contributed by atoms with Gasteiger partial charge in [-0.25, -0.2) is 14.8 Å². The first kappa shape index (κ1) is 21.8. The van der Waals surface area contributed by atoms with Gasteiger partial charge < -0.3 is 15.2 Å². The van der Waals surface area contributed by atoms with Crippen LogP contribution in [0.5, 0.6) is 5.75 Å². The third-order valence-electron chi connectivity index (χ3n) is 5.93. The molecule has 1 unspecified atom stereocenters. The van der Waals surface area contributed by atoms with Gasteiger partial charge in [0, 0.05) is 18.1 Å². The Bertz CT molecular complexity index is 1000.